The molecule has 3 atom stereocenters. The monoisotopic (exact) mass is 372 g/mol. The number of nitrogens with two attached hydrogens (primary N) is 1. The number of hydrogen-bond acceptors (Lipinski definition) is 9. The molecule has 1 aliphatic carbocycles. The van der Waals surface area contributed by atoms with Gasteiger partial charge in [0.15, 0.2) is 16.9 Å². The van der Waals surface area contributed by atoms with Crippen LogP contribution in [0.25, 0.3) is 0 Å². The van der Waals surface area contributed by atoms with Crippen molar-refractivity contribution in [2.75, 3.05) is 35.5 Å². The highest BCUT2D eigenvalue weighted by molar-refractivity contribution is 6.00. The molecule has 0 spiro atoms. The molecule has 9 nitrogen and oxygen atoms in total. The number of amidine groups is 1. The quantitative estimate of drug-likeness (QED) is 0.735. The first-order valence-electron chi connectivity index (χ1n) is 8.02. The van der Waals surface area contributed by atoms with Gasteiger partial charge < -0.3 is 29.4 Å². The normalized spacial score (nSPS) is 29.7. The minimum Gasteiger partial charge on any atom is -0.493 e. The Kier molecular flexibility index (Phi) is 4.18. The van der Waals surface area contributed by atoms with E-state index in [9.17, 15) is 10.5 Å². The molecular weight excluding hydrogens is 352 g/mol. The Balaban J connectivity index is 2.27. The molecule has 3 rings (SSSR count). The van der Waals surface area contributed by atoms with Crippen LogP contribution in [0.3, 0.4) is 0 Å². The summed E-state index contributed by atoms with van der Waals surface area (Å²) in [7, 11) is 7.18. The number of aliphatic imine (C=N–C) groups is 1. The van der Waals surface area contributed by atoms with Crippen molar-refractivity contribution in [1.29, 1.82) is 10.5 Å². The summed E-state index contributed by atoms with van der Waals surface area (Å²) in [5.74, 6) is -1.16. The largest absolute Gasteiger partial charge is 0.493 e. The summed E-state index contributed by atoms with van der Waals surface area (Å²) in [6.07, 6.45) is 0. The average molecular weight is 372 g/mol. The second-order valence-corrected chi connectivity index (χ2v) is 6.22. The smallest absolute Gasteiger partial charge is 0.292 e. The Labute approximate surface area is 156 Å². The summed E-state index contributed by atoms with van der Waals surface area (Å²) in [5.41, 5.74) is 3.87. The van der Waals surface area contributed by atoms with Gasteiger partial charge in [0.05, 0.1) is 33.5 Å². The lowest BCUT2D eigenvalue weighted by atomic mass is 9.93. The van der Waals surface area contributed by atoms with Crippen molar-refractivity contribution in [3.63, 3.8) is 0 Å². The Morgan fingerprint density at radius 1 is 0.963 bits per heavy atom. The highest BCUT2D eigenvalue weighted by Crippen LogP contribution is 2.82. The second-order valence-electron chi connectivity index (χ2n) is 6.22. The molecule has 0 radical (unpaired) electrons. The van der Waals surface area contributed by atoms with Crippen molar-refractivity contribution in [3.05, 3.63) is 17.7 Å². The van der Waals surface area contributed by atoms with Crippen LogP contribution in [0.15, 0.2) is 17.1 Å². The van der Waals surface area contributed by atoms with Crippen molar-refractivity contribution < 1.29 is 23.7 Å². The van der Waals surface area contributed by atoms with Gasteiger partial charge in [-0.3, -0.25) is 0 Å². The van der Waals surface area contributed by atoms with Gasteiger partial charge in [0, 0.05) is 20.1 Å². The first-order valence-corrected chi connectivity index (χ1v) is 8.02. The maximum absolute atomic E-state index is 10.1. The molecule has 142 valence electrons. The van der Waals surface area contributed by atoms with E-state index in [4.69, 9.17) is 29.4 Å². The molecule has 1 aromatic rings. The van der Waals surface area contributed by atoms with Crippen molar-refractivity contribution >= 4 is 5.84 Å². The minimum atomic E-state index is -1.69. The molecule has 1 fully saturated rings. The number of hydrogen-bond donors (Lipinski definition) is 1. The predicted octanol–water partition coefficient (Wildman–Crippen LogP) is 1.15. The molecule has 2 N–H and O–H groups in total. The zero-order chi connectivity index (χ0) is 20.0. The fourth-order valence-electron chi connectivity index (χ4n) is 4.29. The van der Waals surface area contributed by atoms with Gasteiger partial charge in [-0.1, -0.05) is 0 Å². The number of nitrogens with zero attached hydrogens (tertiary/aromatic N) is 3. The molecule has 2 aliphatic rings. The molecule has 0 saturated heterocycles. The first-order chi connectivity index (χ1) is 12.9. The Morgan fingerprint density at radius 3 is 1.89 bits per heavy atom. The number of ether oxygens (including phenoxy) is 5. The molecule has 1 heterocycles. The van der Waals surface area contributed by atoms with E-state index in [-0.39, 0.29) is 5.84 Å². The molecule has 9 heteroatoms. The summed E-state index contributed by atoms with van der Waals surface area (Å²) >= 11 is 0. The molecule has 1 aromatic carbocycles. The average Bonchev–Trinajstić information content (AvgIpc) is 3.28. The lowest BCUT2D eigenvalue weighted by molar-refractivity contribution is -0.230. The standard InChI is InChI=1S/C18H20N4O5/c1-23-11-6-10(7-12(24-2)13(11)25-3)14-16(8-19)15(21)22-18(26-4,27-5)17(14,16)9-20/h6-7,14H,1-5H3,(H2,21,22)/t14-,16+,17+/m1/s1. The van der Waals surface area contributed by atoms with Crippen LogP contribution in [0.4, 0.5) is 0 Å². The number of nitriles is 2. The van der Waals surface area contributed by atoms with Gasteiger partial charge in [0.1, 0.15) is 11.3 Å². The fraction of sp³-hybridized carbons (Fsp3) is 0.500. The number of rotatable bonds is 6. The molecular formula is C18H20N4O5. The third-order valence-corrected chi connectivity index (χ3v) is 5.50. The van der Waals surface area contributed by atoms with Crippen LogP contribution in [0, 0.1) is 33.5 Å². The van der Waals surface area contributed by atoms with Gasteiger partial charge in [-0.2, -0.15) is 10.5 Å². The molecule has 27 heavy (non-hydrogen) atoms. The lowest BCUT2D eigenvalue weighted by Crippen LogP contribution is -2.41. The predicted molar refractivity (Wildman–Crippen MR) is 93.3 cm³/mol. The van der Waals surface area contributed by atoms with E-state index in [1.807, 2.05) is 0 Å². The molecule has 1 saturated carbocycles. The summed E-state index contributed by atoms with van der Waals surface area (Å²) in [6.45, 7) is 0. The summed E-state index contributed by atoms with van der Waals surface area (Å²) in [4.78, 5) is 4.19. The Hall–Kier alpha value is -3.01. The van der Waals surface area contributed by atoms with Gasteiger partial charge in [0.25, 0.3) is 5.91 Å². The SMILES string of the molecule is COc1cc([C@@H]2[C@@]3(C#N)C(N)=NC(OC)(OC)[C@@]23C#N)cc(OC)c1OC. The van der Waals surface area contributed by atoms with E-state index in [1.165, 1.54) is 35.5 Å². The zero-order valence-corrected chi connectivity index (χ0v) is 15.7. The van der Waals surface area contributed by atoms with Crippen LogP contribution in [-0.2, 0) is 9.47 Å². The van der Waals surface area contributed by atoms with Crippen LogP contribution in [0.2, 0.25) is 0 Å². The van der Waals surface area contributed by atoms with Crippen LogP contribution in [0.5, 0.6) is 17.2 Å². The highest BCUT2D eigenvalue weighted by atomic mass is 16.7. The molecule has 0 bridgehead atoms. The van der Waals surface area contributed by atoms with E-state index in [1.54, 1.807) is 12.1 Å². The first kappa shape index (κ1) is 18.8. The van der Waals surface area contributed by atoms with Crippen molar-refractivity contribution in [3.8, 4) is 29.4 Å². The molecule has 0 unspecified atom stereocenters. The van der Waals surface area contributed by atoms with Gasteiger partial charge in [0.2, 0.25) is 5.75 Å². The Bertz CT molecular complexity index is 873. The highest BCUT2D eigenvalue weighted by Gasteiger charge is 2.93. The van der Waals surface area contributed by atoms with Crippen molar-refractivity contribution in [1.82, 2.24) is 0 Å². The third kappa shape index (κ3) is 1.85. The lowest BCUT2D eigenvalue weighted by Gasteiger charge is -2.29. The van der Waals surface area contributed by atoms with Gasteiger partial charge in [-0.15, -0.1) is 0 Å². The maximum atomic E-state index is 10.1. The van der Waals surface area contributed by atoms with E-state index < -0.39 is 22.7 Å². The summed E-state index contributed by atoms with van der Waals surface area (Å²) in [5, 5.41) is 20.1. The minimum absolute atomic E-state index is 0.00555. The molecule has 0 aromatic heterocycles. The van der Waals surface area contributed by atoms with Gasteiger partial charge in [-0.05, 0) is 17.7 Å². The molecule has 0 amide bonds. The van der Waals surface area contributed by atoms with Crippen LogP contribution < -0.4 is 19.9 Å². The maximum Gasteiger partial charge on any atom is 0.292 e. The van der Waals surface area contributed by atoms with Crippen LogP contribution in [-0.4, -0.2) is 47.3 Å². The zero-order valence-electron chi connectivity index (χ0n) is 15.7. The van der Waals surface area contributed by atoms with Crippen LogP contribution >= 0.6 is 0 Å². The third-order valence-electron chi connectivity index (χ3n) is 5.50. The van der Waals surface area contributed by atoms with Gasteiger partial charge >= 0.3 is 0 Å². The van der Waals surface area contributed by atoms with E-state index in [0.717, 1.165) is 0 Å². The second kappa shape index (κ2) is 6.02. The van der Waals surface area contributed by atoms with Crippen molar-refractivity contribution in [2.24, 2.45) is 21.6 Å². The molecule has 1 aliphatic heterocycles. The number of benzene rings is 1. The Morgan fingerprint density at radius 2 is 1.52 bits per heavy atom. The topological polar surface area (TPSA) is 132 Å². The van der Waals surface area contributed by atoms with E-state index in [2.05, 4.69) is 17.1 Å². The fourth-order valence-corrected chi connectivity index (χ4v) is 4.29. The van der Waals surface area contributed by atoms with E-state index >= 15 is 0 Å². The van der Waals surface area contributed by atoms with Crippen molar-refractivity contribution in [2.45, 2.75) is 11.8 Å². The number of fused-ring (bicyclic) bond motifs is 1. The summed E-state index contributed by atoms with van der Waals surface area (Å²) < 4.78 is 27.0. The van der Waals surface area contributed by atoms with Gasteiger partial charge in [-0.25, -0.2) is 4.99 Å². The van der Waals surface area contributed by atoms with E-state index in [0.29, 0.717) is 22.8 Å². The van der Waals surface area contributed by atoms with Crippen LogP contribution in [0.1, 0.15) is 11.5 Å². The summed E-state index contributed by atoms with van der Waals surface area (Å²) in [6, 6.07) is 7.75. The number of methoxy groups -OCH3 is 5.